The molecule has 2 fully saturated rings. The van der Waals surface area contributed by atoms with Gasteiger partial charge in [0.15, 0.2) is 0 Å². The maximum Gasteiger partial charge on any atom is 0.0729 e. The first-order chi connectivity index (χ1) is 8.07. The first kappa shape index (κ1) is 13.1. The molecule has 0 radical (unpaired) electrons. The van der Waals surface area contributed by atoms with E-state index >= 15 is 0 Å². The summed E-state index contributed by atoms with van der Waals surface area (Å²) in [6.07, 6.45) is 9.80. The Morgan fingerprint density at radius 3 is 2.88 bits per heavy atom. The molecule has 98 valence electrons. The zero-order valence-electron chi connectivity index (χ0n) is 11.8. The molecule has 2 aliphatic rings. The van der Waals surface area contributed by atoms with Gasteiger partial charge in [-0.15, -0.1) is 0 Å². The van der Waals surface area contributed by atoms with Crippen molar-refractivity contribution in [2.24, 2.45) is 23.2 Å². The molecule has 0 aromatic carbocycles. The number of hydrogen-bond donors (Lipinski definition) is 1. The highest BCUT2D eigenvalue weighted by Gasteiger charge is 2.48. The molecule has 0 aromatic heterocycles. The second-order valence-electron chi connectivity index (χ2n) is 6.76. The molecular formula is C16H29N. The highest BCUT2D eigenvalue weighted by molar-refractivity contribution is 5.09. The van der Waals surface area contributed by atoms with E-state index in [4.69, 9.17) is 0 Å². The molecule has 4 atom stereocenters. The predicted molar refractivity (Wildman–Crippen MR) is 73.2 cm³/mol. The third-order valence-corrected chi connectivity index (χ3v) is 5.30. The van der Waals surface area contributed by atoms with E-state index in [0.717, 1.165) is 24.3 Å². The average molecular weight is 235 g/mol. The zero-order valence-corrected chi connectivity index (χ0v) is 11.8. The first-order valence-electron chi connectivity index (χ1n) is 7.35. The van der Waals surface area contributed by atoms with E-state index in [9.17, 15) is 0 Å². The van der Waals surface area contributed by atoms with Crippen LogP contribution in [0.4, 0.5) is 0 Å². The van der Waals surface area contributed by atoms with Crippen molar-refractivity contribution < 1.29 is 5.32 Å². The summed E-state index contributed by atoms with van der Waals surface area (Å²) in [5, 5.41) is 2.03. The molecule has 0 aromatic rings. The summed E-state index contributed by atoms with van der Waals surface area (Å²) < 4.78 is 0. The Labute approximate surface area is 107 Å². The molecule has 1 heteroatoms. The summed E-state index contributed by atoms with van der Waals surface area (Å²) in [4.78, 5) is 0. The first-order valence-corrected chi connectivity index (χ1v) is 7.35. The molecule has 2 N–H and O–H groups in total. The Kier molecular flexibility index (Phi) is 3.97. The number of fused-ring (bicyclic) bond motifs is 1. The summed E-state index contributed by atoms with van der Waals surface area (Å²) in [6.45, 7) is 8.36. The minimum atomic E-state index is 0.646. The predicted octanol–water partition coefficient (Wildman–Crippen LogP) is 3.14. The van der Waals surface area contributed by atoms with Crippen molar-refractivity contribution >= 4 is 0 Å². The molecule has 0 aliphatic heterocycles. The van der Waals surface area contributed by atoms with E-state index in [1.807, 2.05) is 5.32 Å². The molecule has 0 saturated heterocycles. The summed E-state index contributed by atoms with van der Waals surface area (Å²) in [5.74, 6) is 2.71. The second kappa shape index (κ2) is 5.14. The van der Waals surface area contributed by atoms with Crippen molar-refractivity contribution in [1.29, 1.82) is 0 Å². The maximum absolute atomic E-state index is 3.84. The van der Waals surface area contributed by atoms with Crippen molar-refractivity contribution in [2.45, 2.75) is 52.9 Å². The van der Waals surface area contributed by atoms with Crippen LogP contribution < -0.4 is 5.32 Å². The monoisotopic (exact) mass is 235 g/mol. The van der Waals surface area contributed by atoms with Crippen LogP contribution in [-0.2, 0) is 0 Å². The summed E-state index contributed by atoms with van der Waals surface area (Å²) in [6, 6.07) is 0. The van der Waals surface area contributed by atoms with E-state index in [0.29, 0.717) is 5.41 Å². The van der Waals surface area contributed by atoms with Crippen LogP contribution >= 0.6 is 0 Å². The van der Waals surface area contributed by atoms with E-state index in [-0.39, 0.29) is 0 Å². The van der Waals surface area contributed by atoms with Crippen LogP contribution in [0.25, 0.3) is 0 Å². The van der Waals surface area contributed by atoms with Crippen LogP contribution in [0.3, 0.4) is 0 Å². The van der Waals surface area contributed by atoms with E-state index < -0.39 is 0 Å². The van der Waals surface area contributed by atoms with Gasteiger partial charge in [-0.1, -0.05) is 32.8 Å². The van der Waals surface area contributed by atoms with Gasteiger partial charge in [0.05, 0.1) is 6.54 Å². The van der Waals surface area contributed by atoms with Gasteiger partial charge in [0.1, 0.15) is 0 Å². The SMILES string of the molecule is [CH2-][NH2+]C/C(C)=C/[C@H]1CC[C@@]2(C)CCC[C@@H](C)[C@H]12. The lowest BCUT2D eigenvalue weighted by Gasteiger charge is -2.42. The topological polar surface area (TPSA) is 16.6 Å². The molecule has 0 amide bonds. The molecule has 2 aliphatic carbocycles. The normalized spacial score (nSPS) is 42.6. The fourth-order valence-corrected chi connectivity index (χ4v) is 4.62. The van der Waals surface area contributed by atoms with Crippen LogP contribution in [0, 0.1) is 30.2 Å². The lowest BCUT2D eigenvalue weighted by molar-refractivity contribution is -0.587. The minimum Gasteiger partial charge on any atom is -0.475 e. The Hall–Kier alpha value is -0.300. The van der Waals surface area contributed by atoms with Gasteiger partial charge in [-0.05, 0) is 54.9 Å². The van der Waals surface area contributed by atoms with Crippen molar-refractivity contribution in [2.75, 3.05) is 6.54 Å². The van der Waals surface area contributed by atoms with Crippen molar-refractivity contribution in [3.05, 3.63) is 18.7 Å². The standard InChI is InChI=1S/C16H29N/c1-12(11-17-4)10-14-7-9-16(3)8-5-6-13(2)15(14)16/h10,13-15H,4-9,11,17H2,1-3H3/b12-10+/t13-,14-,15-,16-/m1/s1. The molecule has 0 unspecified atom stereocenters. The highest BCUT2D eigenvalue weighted by Crippen LogP contribution is 2.57. The fourth-order valence-electron chi connectivity index (χ4n) is 4.62. The zero-order chi connectivity index (χ0) is 12.5. The van der Waals surface area contributed by atoms with Gasteiger partial charge in [-0.25, -0.2) is 0 Å². The Bertz CT molecular complexity index is 294. The van der Waals surface area contributed by atoms with Gasteiger partial charge < -0.3 is 5.32 Å². The lowest BCUT2D eigenvalue weighted by atomic mass is 9.63. The third kappa shape index (κ3) is 2.59. The number of allylic oxidation sites excluding steroid dienone is 1. The van der Waals surface area contributed by atoms with Crippen LogP contribution in [0.1, 0.15) is 52.9 Å². The van der Waals surface area contributed by atoms with Gasteiger partial charge in [0.2, 0.25) is 0 Å². The van der Waals surface area contributed by atoms with Gasteiger partial charge in [0, 0.05) is 0 Å². The summed E-state index contributed by atoms with van der Waals surface area (Å²) in [7, 11) is 3.84. The average Bonchev–Trinajstić information content (AvgIpc) is 2.57. The number of quaternary nitrogens is 1. The molecular weight excluding hydrogens is 206 g/mol. The molecule has 0 bridgehead atoms. The minimum absolute atomic E-state index is 0.646. The van der Waals surface area contributed by atoms with E-state index in [2.05, 4.69) is 33.9 Å². The van der Waals surface area contributed by atoms with Crippen LogP contribution in [0.5, 0.6) is 0 Å². The quantitative estimate of drug-likeness (QED) is 0.572. The number of nitrogens with two attached hydrogens (primary N) is 1. The van der Waals surface area contributed by atoms with Crippen LogP contribution in [0.15, 0.2) is 11.6 Å². The molecule has 0 heterocycles. The molecule has 2 saturated carbocycles. The summed E-state index contributed by atoms with van der Waals surface area (Å²) in [5.41, 5.74) is 2.17. The highest BCUT2D eigenvalue weighted by atomic mass is 14.8. The molecule has 2 rings (SSSR count). The van der Waals surface area contributed by atoms with E-state index in [1.54, 1.807) is 0 Å². The molecule has 0 spiro atoms. The lowest BCUT2D eigenvalue weighted by Crippen LogP contribution is -2.77. The largest absolute Gasteiger partial charge is 0.475 e. The Morgan fingerprint density at radius 1 is 1.41 bits per heavy atom. The van der Waals surface area contributed by atoms with Gasteiger partial charge in [-0.3, -0.25) is 0 Å². The Balaban J connectivity index is 2.12. The number of rotatable bonds is 3. The second-order valence-corrected chi connectivity index (χ2v) is 6.76. The third-order valence-electron chi connectivity index (χ3n) is 5.30. The van der Waals surface area contributed by atoms with Gasteiger partial charge in [-0.2, -0.15) is 7.05 Å². The smallest absolute Gasteiger partial charge is 0.0729 e. The van der Waals surface area contributed by atoms with Crippen molar-refractivity contribution in [1.82, 2.24) is 0 Å². The van der Waals surface area contributed by atoms with Crippen molar-refractivity contribution in [3.8, 4) is 0 Å². The van der Waals surface area contributed by atoms with Gasteiger partial charge in [0.25, 0.3) is 0 Å². The molecule has 17 heavy (non-hydrogen) atoms. The molecule has 1 nitrogen and oxygen atoms in total. The van der Waals surface area contributed by atoms with Crippen LogP contribution in [-0.4, -0.2) is 6.54 Å². The maximum atomic E-state index is 3.84. The van der Waals surface area contributed by atoms with Crippen molar-refractivity contribution in [3.63, 3.8) is 0 Å². The van der Waals surface area contributed by atoms with E-state index in [1.165, 1.54) is 37.7 Å². The number of hydrogen-bond acceptors (Lipinski definition) is 0. The van der Waals surface area contributed by atoms with Gasteiger partial charge >= 0.3 is 0 Å². The Morgan fingerprint density at radius 2 is 2.18 bits per heavy atom. The summed E-state index contributed by atoms with van der Waals surface area (Å²) >= 11 is 0. The van der Waals surface area contributed by atoms with Crippen LogP contribution in [0.2, 0.25) is 0 Å². The fraction of sp³-hybridized carbons (Fsp3) is 0.812.